The summed E-state index contributed by atoms with van der Waals surface area (Å²) in [5, 5.41) is 5.55. The molecule has 5 heterocycles. The quantitative estimate of drug-likeness (QED) is 0.549. The number of ether oxygens (including phenoxy) is 1. The molecule has 5 rings (SSSR count). The predicted octanol–water partition coefficient (Wildman–Crippen LogP) is 1.94. The highest BCUT2D eigenvalue weighted by Crippen LogP contribution is 2.26. The molecule has 9 nitrogen and oxygen atoms in total. The fourth-order valence-corrected chi connectivity index (χ4v) is 5.43. The summed E-state index contributed by atoms with van der Waals surface area (Å²) < 4.78 is 5.92. The Balaban J connectivity index is 1.09. The van der Waals surface area contributed by atoms with E-state index >= 15 is 0 Å². The molecule has 0 aliphatic carbocycles. The van der Waals surface area contributed by atoms with Crippen LogP contribution in [0.25, 0.3) is 6.08 Å². The Morgan fingerprint density at radius 1 is 1.26 bits per heavy atom. The Morgan fingerprint density at radius 3 is 2.86 bits per heavy atom. The molecule has 2 saturated heterocycles. The summed E-state index contributed by atoms with van der Waals surface area (Å²) in [6.45, 7) is 8.31. The Morgan fingerprint density at radius 2 is 2.09 bits per heavy atom. The molecule has 35 heavy (non-hydrogen) atoms. The van der Waals surface area contributed by atoms with Crippen LogP contribution in [0.15, 0.2) is 29.8 Å². The minimum absolute atomic E-state index is 0.0124. The van der Waals surface area contributed by atoms with Gasteiger partial charge in [0.05, 0.1) is 19.3 Å². The maximum atomic E-state index is 12.5. The number of likely N-dealkylation sites (N-methyl/N-ethyl adjacent to an activating group) is 1. The number of carbonyl (C=O) groups excluding carboxylic acids is 2. The summed E-state index contributed by atoms with van der Waals surface area (Å²) >= 11 is 1.82. The number of allylic oxidation sites excluding steroid dienone is 1. The number of hydrogen-bond donors (Lipinski definition) is 1. The molecule has 1 atom stereocenters. The van der Waals surface area contributed by atoms with Gasteiger partial charge in [-0.05, 0) is 36.6 Å². The highest BCUT2D eigenvalue weighted by molar-refractivity contribution is 8.03. The number of pyridine rings is 1. The van der Waals surface area contributed by atoms with Crippen LogP contribution in [0.5, 0.6) is 0 Å². The van der Waals surface area contributed by atoms with E-state index < -0.39 is 0 Å². The third kappa shape index (κ3) is 6.24. The van der Waals surface area contributed by atoms with Crippen molar-refractivity contribution in [2.75, 3.05) is 71.3 Å². The zero-order valence-corrected chi connectivity index (χ0v) is 21.1. The molecule has 4 aliphatic heterocycles. The van der Waals surface area contributed by atoms with Crippen LogP contribution < -0.4 is 5.32 Å². The number of nitrogens with zero attached hydrogens (tertiary/aromatic N) is 5. The number of fused-ring (bicyclic) bond motifs is 1. The number of carbonyl (C=O) groups is 2. The predicted molar refractivity (Wildman–Crippen MR) is 138 cm³/mol. The summed E-state index contributed by atoms with van der Waals surface area (Å²) in [7, 11) is 2.14. The van der Waals surface area contributed by atoms with Gasteiger partial charge in [0.15, 0.2) is 0 Å². The molecule has 3 amide bonds. The smallest absolute Gasteiger partial charge is 0.323 e. The van der Waals surface area contributed by atoms with Crippen molar-refractivity contribution >= 4 is 35.6 Å². The number of urea groups is 1. The molecule has 188 valence electrons. The molecule has 10 heteroatoms. The van der Waals surface area contributed by atoms with Crippen molar-refractivity contribution in [1.82, 2.24) is 24.6 Å². The number of anilines is 1. The topological polar surface area (TPSA) is 81.2 Å². The first-order chi connectivity index (χ1) is 17.0. The molecule has 1 N–H and O–H groups in total. The zero-order valence-electron chi connectivity index (χ0n) is 20.3. The molecule has 0 saturated carbocycles. The van der Waals surface area contributed by atoms with Crippen LogP contribution in [-0.2, 0) is 16.1 Å². The van der Waals surface area contributed by atoms with Crippen molar-refractivity contribution in [1.29, 1.82) is 0 Å². The first kappa shape index (κ1) is 24.3. The third-order valence-corrected chi connectivity index (χ3v) is 8.07. The fraction of sp³-hybridized carbons (Fsp3) is 0.560. The summed E-state index contributed by atoms with van der Waals surface area (Å²) in [4.78, 5) is 37.8. The number of hydrogen-bond acceptors (Lipinski definition) is 7. The van der Waals surface area contributed by atoms with E-state index in [0.717, 1.165) is 56.9 Å². The molecule has 4 aliphatic rings. The number of likely N-dealkylation sites (tertiary alicyclic amines) is 1. The molecule has 1 unspecified atom stereocenters. The minimum atomic E-state index is -0.102. The van der Waals surface area contributed by atoms with Crippen molar-refractivity contribution in [3.63, 3.8) is 0 Å². The second-order valence-corrected chi connectivity index (χ2v) is 10.9. The number of nitrogens with one attached hydrogen (secondary N) is 1. The second kappa shape index (κ2) is 11.1. The van der Waals surface area contributed by atoms with E-state index in [-0.39, 0.29) is 18.0 Å². The lowest BCUT2D eigenvalue weighted by molar-refractivity contribution is -0.139. The first-order valence-corrected chi connectivity index (χ1v) is 13.3. The van der Waals surface area contributed by atoms with Crippen LogP contribution in [0.1, 0.15) is 17.5 Å². The molecule has 0 bridgehead atoms. The Labute approximate surface area is 211 Å². The van der Waals surface area contributed by atoms with Gasteiger partial charge in [-0.1, -0.05) is 6.08 Å². The Kier molecular flexibility index (Phi) is 7.72. The summed E-state index contributed by atoms with van der Waals surface area (Å²) in [6.07, 6.45) is 8.47. The largest absolute Gasteiger partial charge is 0.373 e. The lowest BCUT2D eigenvalue weighted by atomic mass is 10.1. The maximum absolute atomic E-state index is 12.5. The summed E-state index contributed by atoms with van der Waals surface area (Å²) in [6, 6.07) is 1.90. The van der Waals surface area contributed by atoms with Gasteiger partial charge in [-0.2, -0.15) is 0 Å². The molecule has 0 radical (unpaired) electrons. The molecular formula is C25H34N6O3S. The van der Waals surface area contributed by atoms with Crippen LogP contribution in [0.3, 0.4) is 0 Å². The number of piperazine rings is 1. The molecule has 0 spiro atoms. The number of amides is 3. The van der Waals surface area contributed by atoms with E-state index in [1.807, 2.05) is 22.7 Å². The van der Waals surface area contributed by atoms with Crippen LogP contribution in [-0.4, -0.2) is 114 Å². The number of thioether (sulfide) groups is 1. The van der Waals surface area contributed by atoms with Crippen LogP contribution in [0.2, 0.25) is 0 Å². The van der Waals surface area contributed by atoms with Crippen molar-refractivity contribution < 1.29 is 14.3 Å². The number of aromatic nitrogens is 1. The maximum Gasteiger partial charge on any atom is 0.323 e. The van der Waals surface area contributed by atoms with Crippen molar-refractivity contribution in [2.24, 2.45) is 0 Å². The van der Waals surface area contributed by atoms with Crippen molar-refractivity contribution in [2.45, 2.75) is 24.3 Å². The standard InChI is InChI=1S/C25H34N6O3S/c1-28-6-8-29(9-7-28)10-11-30-15-20-13-19(14-26-24(20)27-25(30)33)4-5-23(32)31-16-21(17-31)34-18-22-3-2-12-35-22/h2,4-5,12-14,21-22H,3,6-11,15-18H2,1H3,(H,26,27,33)/b5-4+. The van der Waals surface area contributed by atoms with Crippen LogP contribution in [0.4, 0.5) is 10.6 Å². The Hall–Kier alpha value is -2.40. The average molecular weight is 499 g/mol. The normalized spacial score (nSPS) is 23.6. The highest BCUT2D eigenvalue weighted by atomic mass is 32.2. The molecule has 2 fully saturated rings. The monoisotopic (exact) mass is 498 g/mol. The lowest BCUT2D eigenvalue weighted by Crippen LogP contribution is -2.54. The van der Waals surface area contributed by atoms with Crippen LogP contribution >= 0.6 is 11.8 Å². The molecule has 1 aromatic heterocycles. The van der Waals surface area contributed by atoms with E-state index in [1.165, 1.54) is 0 Å². The van der Waals surface area contributed by atoms with E-state index in [9.17, 15) is 9.59 Å². The molecular weight excluding hydrogens is 464 g/mol. The molecule has 0 aromatic carbocycles. The highest BCUT2D eigenvalue weighted by Gasteiger charge is 2.31. The summed E-state index contributed by atoms with van der Waals surface area (Å²) in [5.41, 5.74) is 1.82. The first-order valence-electron chi connectivity index (χ1n) is 12.4. The van der Waals surface area contributed by atoms with E-state index in [1.54, 1.807) is 23.2 Å². The molecule has 1 aromatic rings. The van der Waals surface area contributed by atoms with E-state index in [4.69, 9.17) is 4.74 Å². The second-order valence-electron chi connectivity index (χ2n) is 9.67. The van der Waals surface area contributed by atoms with Gasteiger partial charge in [-0.25, -0.2) is 9.78 Å². The lowest BCUT2D eigenvalue weighted by Gasteiger charge is -2.38. The zero-order chi connectivity index (χ0) is 24.2. The fourth-order valence-electron chi connectivity index (χ4n) is 4.60. The van der Waals surface area contributed by atoms with E-state index in [2.05, 4.69) is 38.6 Å². The van der Waals surface area contributed by atoms with Gasteiger partial charge >= 0.3 is 6.03 Å². The van der Waals surface area contributed by atoms with Gasteiger partial charge in [0.1, 0.15) is 5.82 Å². The van der Waals surface area contributed by atoms with Crippen LogP contribution in [0, 0.1) is 0 Å². The number of rotatable bonds is 8. The third-order valence-electron chi connectivity index (χ3n) is 7.01. The Bertz CT molecular complexity index is 979. The minimum Gasteiger partial charge on any atom is -0.373 e. The summed E-state index contributed by atoms with van der Waals surface area (Å²) in [5.74, 6) is 0.592. The van der Waals surface area contributed by atoms with Gasteiger partial charge in [-0.15, -0.1) is 11.8 Å². The van der Waals surface area contributed by atoms with Gasteiger partial charge in [-0.3, -0.25) is 15.0 Å². The van der Waals surface area contributed by atoms with Crippen molar-refractivity contribution in [3.8, 4) is 0 Å². The van der Waals surface area contributed by atoms with Gasteiger partial charge in [0.25, 0.3) is 0 Å². The average Bonchev–Trinajstić information content (AvgIpc) is 3.35. The van der Waals surface area contributed by atoms with Gasteiger partial charge in [0.2, 0.25) is 5.91 Å². The van der Waals surface area contributed by atoms with Gasteiger partial charge in [0, 0.05) is 75.4 Å². The SMILES string of the molecule is CN1CCN(CCN2Cc3cc(/C=C/C(=O)N4CC(OCC5CC=CS5)C4)cnc3NC2=O)CC1. The van der Waals surface area contributed by atoms with E-state index in [0.29, 0.717) is 37.2 Å². The van der Waals surface area contributed by atoms with Gasteiger partial charge < -0.3 is 19.4 Å². The van der Waals surface area contributed by atoms with Crippen molar-refractivity contribution in [3.05, 3.63) is 41.0 Å².